The van der Waals surface area contributed by atoms with Crippen LogP contribution < -0.4 is 5.32 Å². The van der Waals surface area contributed by atoms with Crippen molar-refractivity contribution in [3.8, 4) is 16.8 Å². The van der Waals surface area contributed by atoms with E-state index in [0.717, 1.165) is 27.9 Å². The predicted molar refractivity (Wildman–Crippen MR) is 145 cm³/mol. The standard InChI is InChI=1S/C30H25N3O3S/c1-37(35,36)26-18-16-25(17-19-26)33-21-24(20-31-33)27-14-8-9-15-28(27)32-30(34)29(22-10-4-2-5-11-22)23-12-6-3-7-13-23/h2-21,29H,1H3,(H,32,34). The average molecular weight is 508 g/mol. The van der Waals surface area contributed by atoms with Crippen molar-refractivity contribution in [2.75, 3.05) is 11.6 Å². The molecule has 0 saturated carbocycles. The summed E-state index contributed by atoms with van der Waals surface area (Å²) in [6.07, 6.45) is 4.76. The molecule has 1 amide bonds. The molecular formula is C30H25N3O3S. The van der Waals surface area contributed by atoms with E-state index in [1.54, 1.807) is 35.1 Å². The molecule has 1 heterocycles. The molecule has 1 aromatic heterocycles. The van der Waals surface area contributed by atoms with Gasteiger partial charge in [0.05, 0.1) is 22.7 Å². The highest BCUT2D eigenvalue weighted by atomic mass is 32.2. The normalized spacial score (nSPS) is 11.4. The van der Waals surface area contributed by atoms with E-state index in [0.29, 0.717) is 5.69 Å². The monoisotopic (exact) mass is 507 g/mol. The maximum atomic E-state index is 13.7. The summed E-state index contributed by atoms with van der Waals surface area (Å²) >= 11 is 0. The van der Waals surface area contributed by atoms with Crippen LogP contribution in [0.2, 0.25) is 0 Å². The average Bonchev–Trinajstić information content (AvgIpc) is 3.40. The number of sulfone groups is 1. The third-order valence-electron chi connectivity index (χ3n) is 6.14. The molecule has 0 aliphatic rings. The van der Waals surface area contributed by atoms with Gasteiger partial charge in [-0.15, -0.1) is 0 Å². The lowest BCUT2D eigenvalue weighted by Crippen LogP contribution is -2.22. The van der Waals surface area contributed by atoms with Gasteiger partial charge < -0.3 is 5.32 Å². The van der Waals surface area contributed by atoms with Gasteiger partial charge >= 0.3 is 0 Å². The number of anilines is 1. The third-order valence-corrected chi connectivity index (χ3v) is 7.26. The number of nitrogens with zero attached hydrogens (tertiary/aromatic N) is 2. The first-order valence-electron chi connectivity index (χ1n) is 11.8. The van der Waals surface area contributed by atoms with E-state index in [2.05, 4.69) is 10.4 Å². The van der Waals surface area contributed by atoms with Gasteiger partial charge in [-0.3, -0.25) is 4.79 Å². The highest BCUT2D eigenvalue weighted by Crippen LogP contribution is 2.31. The molecule has 0 saturated heterocycles. The quantitative estimate of drug-likeness (QED) is 0.306. The number of hydrogen-bond acceptors (Lipinski definition) is 4. The molecular weight excluding hydrogens is 482 g/mol. The minimum Gasteiger partial charge on any atom is -0.325 e. The number of aromatic nitrogens is 2. The highest BCUT2D eigenvalue weighted by Gasteiger charge is 2.23. The van der Waals surface area contributed by atoms with E-state index in [4.69, 9.17) is 0 Å². The van der Waals surface area contributed by atoms with Crippen molar-refractivity contribution in [2.45, 2.75) is 10.8 Å². The van der Waals surface area contributed by atoms with Crippen molar-refractivity contribution in [1.29, 1.82) is 0 Å². The molecule has 0 aliphatic heterocycles. The van der Waals surface area contributed by atoms with Gasteiger partial charge in [-0.05, 0) is 41.5 Å². The largest absolute Gasteiger partial charge is 0.325 e. The Morgan fingerprint density at radius 3 is 1.95 bits per heavy atom. The Morgan fingerprint density at radius 2 is 1.35 bits per heavy atom. The molecule has 0 aliphatic carbocycles. The summed E-state index contributed by atoms with van der Waals surface area (Å²) in [6, 6.07) is 33.6. The molecule has 0 unspecified atom stereocenters. The molecule has 7 heteroatoms. The minimum atomic E-state index is -3.27. The second kappa shape index (κ2) is 10.2. The SMILES string of the molecule is CS(=O)(=O)c1ccc(-n2cc(-c3ccccc3NC(=O)C(c3ccccc3)c3ccccc3)cn2)cc1. The summed E-state index contributed by atoms with van der Waals surface area (Å²) < 4.78 is 25.2. The minimum absolute atomic E-state index is 0.131. The number of nitrogens with one attached hydrogen (secondary N) is 1. The lowest BCUT2D eigenvalue weighted by atomic mass is 9.90. The number of hydrogen-bond donors (Lipinski definition) is 1. The Bertz CT molecular complexity index is 1590. The van der Waals surface area contributed by atoms with Crippen LogP contribution in [0.4, 0.5) is 5.69 Å². The Kier molecular flexibility index (Phi) is 6.70. The zero-order valence-corrected chi connectivity index (χ0v) is 21.0. The van der Waals surface area contributed by atoms with E-state index in [-0.39, 0.29) is 10.8 Å². The Morgan fingerprint density at radius 1 is 0.784 bits per heavy atom. The van der Waals surface area contributed by atoms with Crippen LogP contribution in [-0.4, -0.2) is 30.4 Å². The topological polar surface area (TPSA) is 81.1 Å². The van der Waals surface area contributed by atoms with Gasteiger partial charge in [0.2, 0.25) is 5.91 Å². The molecule has 37 heavy (non-hydrogen) atoms. The van der Waals surface area contributed by atoms with Gasteiger partial charge in [0.25, 0.3) is 0 Å². The molecule has 0 spiro atoms. The molecule has 0 atom stereocenters. The number of rotatable bonds is 7. The summed E-state index contributed by atoms with van der Waals surface area (Å²) in [5, 5.41) is 7.60. The molecule has 0 fully saturated rings. The van der Waals surface area contributed by atoms with Gasteiger partial charge in [0.15, 0.2) is 9.84 Å². The molecule has 5 rings (SSSR count). The van der Waals surface area contributed by atoms with Crippen LogP contribution in [0, 0.1) is 0 Å². The highest BCUT2D eigenvalue weighted by molar-refractivity contribution is 7.90. The summed E-state index contributed by atoms with van der Waals surface area (Å²) in [6.45, 7) is 0. The van der Waals surface area contributed by atoms with Crippen molar-refractivity contribution in [3.63, 3.8) is 0 Å². The molecule has 0 radical (unpaired) electrons. The fourth-order valence-corrected chi connectivity index (χ4v) is 4.91. The van der Waals surface area contributed by atoms with Gasteiger partial charge in [-0.2, -0.15) is 5.10 Å². The summed E-state index contributed by atoms with van der Waals surface area (Å²) in [7, 11) is -3.27. The second-order valence-electron chi connectivity index (χ2n) is 8.73. The zero-order chi connectivity index (χ0) is 25.8. The first-order chi connectivity index (χ1) is 17.9. The van der Waals surface area contributed by atoms with Crippen molar-refractivity contribution in [3.05, 3.63) is 133 Å². The number of para-hydroxylation sites is 1. The van der Waals surface area contributed by atoms with Crippen molar-refractivity contribution in [2.24, 2.45) is 0 Å². The van der Waals surface area contributed by atoms with Crippen LogP contribution >= 0.6 is 0 Å². The van der Waals surface area contributed by atoms with Crippen LogP contribution in [0.3, 0.4) is 0 Å². The second-order valence-corrected chi connectivity index (χ2v) is 10.7. The number of amides is 1. The zero-order valence-electron chi connectivity index (χ0n) is 20.2. The number of carbonyl (C=O) groups excluding carboxylic acids is 1. The van der Waals surface area contributed by atoms with Crippen LogP contribution in [0.15, 0.2) is 126 Å². The van der Waals surface area contributed by atoms with Crippen LogP contribution in [0.25, 0.3) is 16.8 Å². The van der Waals surface area contributed by atoms with E-state index in [1.165, 1.54) is 6.26 Å². The Labute approximate surface area is 216 Å². The van der Waals surface area contributed by atoms with Gasteiger partial charge in [0, 0.05) is 29.3 Å². The Balaban J connectivity index is 1.45. The Hall–Kier alpha value is -4.49. The van der Waals surface area contributed by atoms with Crippen LogP contribution in [0.5, 0.6) is 0 Å². The summed E-state index contributed by atoms with van der Waals surface area (Å²) in [4.78, 5) is 13.9. The molecule has 4 aromatic carbocycles. The molecule has 184 valence electrons. The van der Waals surface area contributed by atoms with E-state index in [1.807, 2.05) is 91.1 Å². The molecule has 0 bridgehead atoms. The number of benzene rings is 4. The van der Waals surface area contributed by atoms with Gasteiger partial charge in [-0.25, -0.2) is 13.1 Å². The first kappa shape index (κ1) is 24.2. The van der Waals surface area contributed by atoms with Crippen LogP contribution in [-0.2, 0) is 14.6 Å². The third kappa shape index (κ3) is 5.37. The lowest BCUT2D eigenvalue weighted by molar-refractivity contribution is -0.116. The van der Waals surface area contributed by atoms with Crippen molar-refractivity contribution >= 4 is 21.4 Å². The van der Waals surface area contributed by atoms with E-state index < -0.39 is 15.8 Å². The smallest absolute Gasteiger partial charge is 0.236 e. The fourth-order valence-electron chi connectivity index (χ4n) is 4.28. The molecule has 5 aromatic rings. The van der Waals surface area contributed by atoms with Gasteiger partial charge in [-0.1, -0.05) is 78.9 Å². The first-order valence-corrected chi connectivity index (χ1v) is 13.6. The van der Waals surface area contributed by atoms with Crippen molar-refractivity contribution in [1.82, 2.24) is 9.78 Å². The van der Waals surface area contributed by atoms with E-state index >= 15 is 0 Å². The van der Waals surface area contributed by atoms with Crippen LogP contribution in [0.1, 0.15) is 17.0 Å². The fraction of sp³-hybridized carbons (Fsp3) is 0.0667. The maximum Gasteiger partial charge on any atom is 0.236 e. The van der Waals surface area contributed by atoms with E-state index in [9.17, 15) is 13.2 Å². The van der Waals surface area contributed by atoms with Crippen molar-refractivity contribution < 1.29 is 13.2 Å². The maximum absolute atomic E-state index is 13.7. The summed E-state index contributed by atoms with van der Waals surface area (Å²) in [5.74, 6) is -0.597. The molecule has 6 nitrogen and oxygen atoms in total. The summed E-state index contributed by atoms with van der Waals surface area (Å²) in [5.41, 5.74) is 4.88. The predicted octanol–water partition coefficient (Wildman–Crippen LogP) is 5.71. The molecule has 1 N–H and O–H groups in total. The number of carbonyl (C=O) groups is 1. The lowest BCUT2D eigenvalue weighted by Gasteiger charge is -2.19. The van der Waals surface area contributed by atoms with Gasteiger partial charge in [0.1, 0.15) is 0 Å².